The van der Waals surface area contributed by atoms with Crippen molar-refractivity contribution >= 4 is 29.4 Å². The fraction of sp³-hybridized carbons (Fsp3) is 0.414. The van der Waals surface area contributed by atoms with Crippen molar-refractivity contribution in [2.24, 2.45) is 0 Å². The lowest BCUT2D eigenvalue weighted by Gasteiger charge is -2.53. The van der Waals surface area contributed by atoms with Crippen LogP contribution >= 0.6 is 11.6 Å². The molecule has 1 N–H and O–H groups in total. The van der Waals surface area contributed by atoms with Crippen LogP contribution in [0.1, 0.15) is 62.0 Å². The second-order valence-electron chi connectivity index (χ2n) is 10.3. The quantitative estimate of drug-likeness (QED) is 0.332. The lowest BCUT2D eigenvalue weighted by molar-refractivity contribution is -0.176. The molecule has 1 saturated carbocycles. The molecule has 3 heterocycles. The number of ether oxygens (including phenoxy) is 3. The molecule has 0 spiro atoms. The van der Waals surface area contributed by atoms with Gasteiger partial charge in [-0.25, -0.2) is 4.79 Å². The van der Waals surface area contributed by atoms with Crippen molar-refractivity contribution in [1.29, 1.82) is 0 Å². The predicted octanol–water partition coefficient (Wildman–Crippen LogP) is 6.76. The molecule has 8 nitrogen and oxygen atoms in total. The van der Waals surface area contributed by atoms with Crippen LogP contribution in [0.3, 0.4) is 0 Å². The Morgan fingerprint density at radius 1 is 1.13 bits per heavy atom. The third-order valence-corrected chi connectivity index (χ3v) is 8.27. The lowest BCUT2D eigenvalue weighted by atomic mass is 9.62. The smallest absolute Gasteiger partial charge is 0.412 e. The summed E-state index contributed by atoms with van der Waals surface area (Å²) >= 11 is 6.25. The van der Waals surface area contributed by atoms with Crippen LogP contribution in [0.25, 0.3) is 11.3 Å². The molecular weight excluding hydrogens is 508 g/mol. The van der Waals surface area contributed by atoms with Crippen LogP contribution in [0.5, 0.6) is 0 Å². The molecule has 0 unspecified atom stereocenters. The van der Waals surface area contributed by atoms with E-state index in [-0.39, 0.29) is 17.8 Å². The van der Waals surface area contributed by atoms with E-state index in [1.807, 2.05) is 30.3 Å². The molecule has 9 heteroatoms. The molecule has 2 aromatic carbocycles. The minimum atomic E-state index is -0.630. The number of rotatable bonds is 7. The van der Waals surface area contributed by atoms with E-state index < -0.39 is 17.8 Å². The normalized spacial score (nSPS) is 23.1. The predicted molar refractivity (Wildman–Crippen MR) is 142 cm³/mol. The fourth-order valence-corrected chi connectivity index (χ4v) is 5.85. The van der Waals surface area contributed by atoms with E-state index in [9.17, 15) is 9.59 Å². The molecule has 1 aliphatic carbocycles. The first-order valence-electron chi connectivity index (χ1n) is 12.7. The highest BCUT2D eigenvalue weighted by molar-refractivity contribution is 6.31. The van der Waals surface area contributed by atoms with E-state index in [0.29, 0.717) is 28.8 Å². The van der Waals surface area contributed by atoms with Crippen molar-refractivity contribution in [3.8, 4) is 11.3 Å². The first-order valence-corrected chi connectivity index (χ1v) is 13.1. The first-order chi connectivity index (χ1) is 18.2. The van der Waals surface area contributed by atoms with Gasteiger partial charge in [-0.2, -0.15) is 0 Å². The van der Waals surface area contributed by atoms with Crippen molar-refractivity contribution in [2.75, 3.05) is 19.0 Å². The standard InChI is InChI=1S/C29H31ClN2O6/c1-18-25(31-27(34)37-19(2)22-9-4-5-10-23(22)30)26(38-32-18)20-7-6-8-21(15-20)28-11-13-29(14-12-28,36-17-28)16-24(33)35-3/h4-10,15,19H,11-14,16-17H2,1-3H3,(H,31,34)/t19-,28?,29?/m1/s1. The highest BCUT2D eigenvalue weighted by Gasteiger charge is 2.51. The molecule has 1 amide bonds. The van der Waals surface area contributed by atoms with E-state index in [1.54, 1.807) is 19.9 Å². The number of hydrogen-bond acceptors (Lipinski definition) is 7. The van der Waals surface area contributed by atoms with Gasteiger partial charge in [-0.3, -0.25) is 10.1 Å². The van der Waals surface area contributed by atoms with Gasteiger partial charge in [0.25, 0.3) is 0 Å². The van der Waals surface area contributed by atoms with Crippen LogP contribution in [0.2, 0.25) is 5.02 Å². The van der Waals surface area contributed by atoms with Crippen LogP contribution in [0.4, 0.5) is 10.5 Å². The highest BCUT2D eigenvalue weighted by Crippen LogP contribution is 2.52. The van der Waals surface area contributed by atoms with E-state index in [4.69, 9.17) is 30.3 Å². The van der Waals surface area contributed by atoms with Gasteiger partial charge in [0.15, 0.2) is 5.76 Å². The fourth-order valence-electron chi connectivity index (χ4n) is 5.56. The van der Waals surface area contributed by atoms with Crippen LogP contribution in [-0.2, 0) is 24.4 Å². The molecule has 38 heavy (non-hydrogen) atoms. The maximum Gasteiger partial charge on any atom is 0.412 e. The molecule has 3 fully saturated rings. The number of benzene rings is 2. The minimum Gasteiger partial charge on any atom is -0.469 e. The molecule has 6 rings (SSSR count). The second-order valence-corrected chi connectivity index (χ2v) is 10.7. The number of amides is 1. The highest BCUT2D eigenvalue weighted by atomic mass is 35.5. The average Bonchev–Trinajstić information content (AvgIpc) is 3.29. The molecule has 1 atom stereocenters. The number of carbonyl (C=O) groups excluding carboxylic acids is 2. The number of methoxy groups -OCH3 is 1. The van der Waals surface area contributed by atoms with Gasteiger partial charge in [-0.15, -0.1) is 0 Å². The Hall–Kier alpha value is -3.36. The summed E-state index contributed by atoms with van der Waals surface area (Å²) in [4.78, 5) is 24.7. The van der Waals surface area contributed by atoms with Crippen LogP contribution in [0, 0.1) is 6.92 Å². The summed E-state index contributed by atoms with van der Waals surface area (Å²) in [6.45, 7) is 4.07. The molecule has 3 aliphatic rings. The molecule has 2 aliphatic heterocycles. The number of fused-ring (bicyclic) bond motifs is 3. The van der Waals surface area contributed by atoms with Crippen molar-refractivity contribution in [3.05, 3.63) is 70.4 Å². The van der Waals surface area contributed by atoms with Crippen molar-refractivity contribution < 1.29 is 28.3 Å². The summed E-state index contributed by atoms with van der Waals surface area (Å²) in [6, 6.07) is 15.3. The number of nitrogens with zero attached hydrogens (tertiary/aromatic N) is 1. The topological polar surface area (TPSA) is 99.9 Å². The first kappa shape index (κ1) is 26.3. The molecular formula is C29H31ClN2O6. The van der Waals surface area contributed by atoms with Crippen LogP contribution < -0.4 is 5.32 Å². The number of anilines is 1. The molecule has 2 saturated heterocycles. The monoisotopic (exact) mass is 538 g/mol. The maximum absolute atomic E-state index is 12.8. The van der Waals surface area contributed by atoms with E-state index >= 15 is 0 Å². The van der Waals surface area contributed by atoms with Crippen LogP contribution in [0.15, 0.2) is 53.1 Å². The largest absolute Gasteiger partial charge is 0.469 e. The minimum absolute atomic E-state index is 0.139. The van der Waals surface area contributed by atoms with Crippen molar-refractivity contribution in [3.63, 3.8) is 0 Å². The maximum atomic E-state index is 12.8. The van der Waals surface area contributed by atoms with Gasteiger partial charge in [0.2, 0.25) is 0 Å². The summed E-state index contributed by atoms with van der Waals surface area (Å²) < 4.78 is 22.4. The van der Waals surface area contributed by atoms with Crippen LogP contribution in [-0.4, -0.2) is 36.5 Å². The Morgan fingerprint density at radius 3 is 2.58 bits per heavy atom. The Kier molecular flexibility index (Phi) is 7.20. The molecule has 200 valence electrons. The van der Waals surface area contributed by atoms with Crippen molar-refractivity contribution in [1.82, 2.24) is 5.16 Å². The van der Waals surface area contributed by atoms with Gasteiger partial charge in [0.05, 0.1) is 25.7 Å². The Bertz CT molecular complexity index is 1330. The van der Waals surface area contributed by atoms with E-state index in [0.717, 1.165) is 42.4 Å². The van der Waals surface area contributed by atoms with E-state index in [2.05, 4.69) is 22.6 Å². The molecule has 1 aromatic heterocycles. The Labute approximate surface area is 226 Å². The summed E-state index contributed by atoms with van der Waals surface area (Å²) in [7, 11) is 1.41. The van der Waals surface area contributed by atoms with Gasteiger partial charge in [-0.05, 0) is 57.2 Å². The van der Waals surface area contributed by atoms with Crippen molar-refractivity contribution in [2.45, 2.75) is 63.1 Å². The van der Waals surface area contributed by atoms with Gasteiger partial charge in [0, 0.05) is 21.6 Å². The lowest BCUT2D eigenvalue weighted by Crippen LogP contribution is -2.54. The molecule has 2 bridgehead atoms. The number of esters is 1. The van der Waals surface area contributed by atoms with Gasteiger partial charge >= 0.3 is 12.1 Å². The number of carbonyl (C=O) groups is 2. The number of halogens is 1. The molecule has 3 aromatic rings. The number of hydrogen-bond donors (Lipinski definition) is 1. The van der Waals surface area contributed by atoms with E-state index in [1.165, 1.54) is 7.11 Å². The summed E-state index contributed by atoms with van der Waals surface area (Å²) in [6.07, 6.45) is 2.55. The number of nitrogens with one attached hydrogen (secondary N) is 1. The zero-order valence-electron chi connectivity index (χ0n) is 21.7. The average molecular weight is 539 g/mol. The second kappa shape index (κ2) is 10.4. The summed E-state index contributed by atoms with van der Waals surface area (Å²) in [5.41, 5.74) is 3.08. The zero-order chi connectivity index (χ0) is 26.9. The molecule has 0 radical (unpaired) electrons. The van der Waals surface area contributed by atoms with Gasteiger partial charge < -0.3 is 18.7 Å². The Morgan fingerprint density at radius 2 is 1.89 bits per heavy atom. The number of aryl methyl sites for hydroxylation is 1. The summed E-state index contributed by atoms with van der Waals surface area (Å²) in [5, 5.41) is 7.43. The SMILES string of the molecule is COC(=O)CC12CCC(c3cccc(-c4onc(C)c4NC(=O)O[C@H](C)c4ccccc4Cl)c3)(CC1)CO2. The zero-order valence-corrected chi connectivity index (χ0v) is 22.5. The van der Waals surface area contributed by atoms with Gasteiger partial charge in [0.1, 0.15) is 17.5 Å². The number of aromatic nitrogens is 1. The Balaban J connectivity index is 1.33. The third-order valence-electron chi connectivity index (χ3n) is 7.92. The third kappa shape index (κ3) is 5.02. The summed E-state index contributed by atoms with van der Waals surface area (Å²) in [5.74, 6) is 0.220. The van der Waals surface area contributed by atoms with Gasteiger partial charge in [-0.1, -0.05) is 53.2 Å².